The van der Waals surface area contributed by atoms with Crippen molar-refractivity contribution in [3.05, 3.63) is 45.4 Å². The van der Waals surface area contributed by atoms with Crippen molar-refractivity contribution in [3.63, 3.8) is 0 Å². The molecule has 0 amide bonds. The number of rotatable bonds is 4. The Morgan fingerprint density at radius 1 is 1.54 bits per heavy atom. The van der Waals surface area contributed by atoms with Crippen LogP contribution >= 0.6 is 11.3 Å². The Kier molecular flexibility index (Phi) is 6.06. The van der Waals surface area contributed by atoms with Crippen LogP contribution in [0.2, 0.25) is 0 Å². The molecule has 6 nitrogen and oxygen atoms in total. The van der Waals surface area contributed by atoms with E-state index in [9.17, 15) is 18.3 Å². The second-order valence-corrected chi connectivity index (χ2v) is 8.10. The SMILES string of the molecule is CNN(C)/C=C(N)/C=C/C1CC2(CCN1)OC[C@@H](O)c1cc(C(F)(F)F)sc12. The molecule has 0 radical (unpaired) electrons. The number of nitrogens with two attached hydrogens (primary N) is 1. The van der Waals surface area contributed by atoms with Gasteiger partial charge in [-0.25, -0.2) is 5.43 Å². The number of hydrogen-bond donors (Lipinski definition) is 4. The molecule has 1 aromatic heterocycles. The van der Waals surface area contributed by atoms with Gasteiger partial charge in [-0.3, -0.25) is 0 Å². The van der Waals surface area contributed by atoms with E-state index in [4.69, 9.17) is 10.5 Å². The third-order valence-electron chi connectivity index (χ3n) is 5.03. The fourth-order valence-corrected chi connectivity index (χ4v) is 4.83. The monoisotopic (exact) mass is 418 g/mol. The Balaban J connectivity index is 1.84. The predicted molar refractivity (Wildman–Crippen MR) is 101 cm³/mol. The van der Waals surface area contributed by atoms with E-state index in [1.165, 1.54) is 0 Å². The highest BCUT2D eigenvalue weighted by Gasteiger charge is 2.47. The van der Waals surface area contributed by atoms with Crippen molar-refractivity contribution in [1.82, 2.24) is 15.8 Å². The van der Waals surface area contributed by atoms with Gasteiger partial charge in [0, 0.05) is 48.9 Å². The number of alkyl halides is 3. The van der Waals surface area contributed by atoms with Crippen molar-refractivity contribution >= 4 is 11.3 Å². The average molecular weight is 418 g/mol. The van der Waals surface area contributed by atoms with E-state index in [0.29, 0.717) is 46.9 Å². The lowest BCUT2D eigenvalue weighted by atomic mass is 9.82. The van der Waals surface area contributed by atoms with Crippen LogP contribution in [0.25, 0.3) is 0 Å². The van der Waals surface area contributed by atoms with Gasteiger partial charge in [0.25, 0.3) is 0 Å². The predicted octanol–water partition coefficient (Wildman–Crippen LogP) is 2.20. The Bertz CT molecular complexity index is 765. The van der Waals surface area contributed by atoms with Gasteiger partial charge in [0.2, 0.25) is 0 Å². The van der Waals surface area contributed by atoms with Crippen LogP contribution in [0.4, 0.5) is 13.2 Å². The van der Waals surface area contributed by atoms with E-state index in [1.807, 2.05) is 13.1 Å². The summed E-state index contributed by atoms with van der Waals surface area (Å²) in [6.45, 7) is 0.580. The quantitative estimate of drug-likeness (QED) is 0.443. The number of allylic oxidation sites excluding steroid dienone is 1. The molecule has 0 aromatic carbocycles. The van der Waals surface area contributed by atoms with E-state index in [1.54, 1.807) is 24.3 Å². The zero-order valence-corrected chi connectivity index (χ0v) is 16.5. The highest BCUT2D eigenvalue weighted by Crippen LogP contribution is 2.50. The fraction of sp³-hybridized carbons (Fsp3) is 0.556. The molecule has 0 aliphatic carbocycles. The van der Waals surface area contributed by atoms with E-state index in [0.717, 1.165) is 6.07 Å². The van der Waals surface area contributed by atoms with Gasteiger partial charge in [0.05, 0.1) is 6.61 Å². The summed E-state index contributed by atoms with van der Waals surface area (Å²) in [4.78, 5) is -0.216. The van der Waals surface area contributed by atoms with Crippen molar-refractivity contribution in [2.24, 2.45) is 5.73 Å². The number of hydrogen-bond acceptors (Lipinski definition) is 7. The van der Waals surface area contributed by atoms with E-state index < -0.39 is 22.8 Å². The van der Waals surface area contributed by atoms with Gasteiger partial charge in [-0.15, -0.1) is 11.3 Å². The smallest absolute Gasteiger partial charge is 0.398 e. The summed E-state index contributed by atoms with van der Waals surface area (Å²) >= 11 is 0.676. The maximum atomic E-state index is 13.2. The van der Waals surface area contributed by atoms with Crippen molar-refractivity contribution in [2.75, 3.05) is 27.2 Å². The molecule has 3 atom stereocenters. The normalized spacial score (nSPS) is 28.7. The first-order valence-corrected chi connectivity index (χ1v) is 9.79. The minimum absolute atomic E-state index is 0.00747. The molecule has 1 spiro atoms. The van der Waals surface area contributed by atoms with Crippen LogP contribution in [0, 0.1) is 0 Å². The largest absolute Gasteiger partial charge is 0.425 e. The zero-order valence-electron chi connectivity index (χ0n) is 15.7. The standard InChI is InChI=1S/C18H25F3N4O2S/c1-23-25(2)9-11(22)3-4-12-8-17(5-6-24-12)16-13(14(26)10-27-17)7-15(28-16)18(19,20)21/h3-4,7,9,12,14,23-24,26H,5-6,8,10,22H2,1-2H3/b4-3+,11-9-/t12?,14-,17?/m1/s1. The number of aliphatic hydroxyl groups excluding tert-OH is 1. The fourth-order valence-electron chi connectivity index (χ4n) is 3.56. The second kappa shape index (κ2) is 8.03. The first kappa shape index (κ1) is 21.1. The maximum Gasteiger partial charge on any atom is 0.425 e. The number of nitrogens with zero attached hydrogens (tertiary/aromatic N) is 1. The first-order chi connectivity index (χ1) is 13.1. The van der Waals surface area contributed by atoms with Crippen molar-refractivity contribution in [2.45, 2.75) is 36.8 Å². The number of fused-ring (bicyclic) bond motifs is 2. The van der Waals surface area contributed by atoms with Gasteiger partial charge in [-0.1, -0.05) is 6.08 Å². The number of hydrazine groups is 1. The minimum atomic E-state index is -4.44. The highest BCUT2D eigenvalue weighted by molar-refractivity contribution is 7.12. The zero-order chi connectivity index (χ0) is 20.5. The molecule has 0 bridgehead atoms. The molecule has 2 aliphatic rings. The third kappa shape index (κ3) is 4.36. The number of thiophene rings is 1. The Hall–Kier alpha value is -1.59. The average Bonchev–Trinajstić information content (AvgIpc) is 3.11. The molecule has 10 heteroatoms. The molecule has 0 saturated carbocycles. The Morgan fingerprint density at radius 2 is 2.29 bits per heavy atom. The molecule has 1 fully saturated rings. The van der Waals surface area contributed by atoms with Gasteiger partial charge < -0.3 is 25.9 Å². The summed E-state index contributed by atoms with van der Waals surface area (Å²) in [5, 5.41) is 15.2. The first-order valence-electron chi connectivity index (χ1n) is 8.97. The lowest BCUT2D eigenvalue weighted by Crippen LogP contribution is -2.49. The van der Waals surface area contributed by atoms with Crippen LogP contribution in [0.5, 0.6) is 0 Å². The number of piperidine rings is 1. The van der Waals surface area contributed by atoms with E-state index in [-0.39, 0.29) is 12.6 Å². The lowest BCUT2D eigenvalue weighted by Gasteiger charge is -2.44. The highest BCUT2D eigenvalue weighted by atomic mass is 32.1. The number of nitrogens with one attached hydrogen (secondary N) is 2. The van der Waals surface area contributed by atoms with E-state index >= 15 is 0 Å². The van der Waals surface area contributed by atoms with Crippen LogP contribution in [-0.4, -0.2) is 43.4 Å². The van der Waals surface area contributed by atoms with Crippen LogP contribution in [-0.2, 0) is 16.5 Å². The van der Waals surface area contributed by atoms with Crippen molar-refractivity contribution in [1.29, 1.82) is 0 Å². The summed E-state index contributed by atoms with van der Waals surface area (Å²) in [5.74, 6) is 0. The molecule has 3 heterocycles. The molecule has 3 rings (SSSR count). The van der Waals surface area contributed by atoms with Crippen molar-refractivity contribution < 1.29 is 23.0 Å². The summed E-state index contributed by atoms with van der Waals surface area (Å²) in [6.07, 6.45) is 0.913. The summed E-state index contributed by atoms with van der Waals surface area (Å²) in [5.41, 5.74) is 8.91. The van der Waals surface area contributed by atoms with Crippen LogP contribution in [0.3, 0.4) is 0 Å². The molecule has 5 N–H and O–H groups in total. The van der Waals surface area contributed by atoms with Crippen LogP contribution in [0.1, 0.15) is 34.3 Å². The number of halogens is 3. The van der Waals surface area contributed by atoms with E-state index in [2.05, 4.69) is 10.7 Å². The number of ether oxygens (including phenoxy) is 1. The topological polar surface area (TPSA) is 82.8 Å². The molecule has 28 heavy (non-hydrogen) atoms. The Morgan fingerprint density at radius 3 is 2.96 bits per heavy atom. The van der Waals surface area contributed by atoms with Gasteiger partial charge in [0.15, 0.2) is 0 Å². The van der Waals surface area contributed by atoms with Gasteiger partial charge in [-0.05, 0) is 25.1 Å². The minimum Gasteiger partial charge on any atom is -0.398 e. The third-order valence-corrected chi connectivity index (χ3v) is 6.41. The summed E-state index contributed by atoms with van der Waals surface area (Å²) < 4.78 is 45.6. The molecule has 1 saturated heterocycles. The number of aliphatic hydroxyl groups is 1. The molecule has 1 aromatic rings. The Labute approximate surface area is 165 Å². The van der Waals surface area contributed by atoms with Gasteiger partial charge in [0.1, 0.15) is 16.6 Å². The lowest BCUT2D eigenvalue weighted by molar-refractivity contribution is -0.134. The maximum absolute atomic E-state index is 13.2. The van der Waals surface area contributed by atoms with Crippen LogP contribution in [0.15, 0.2) is 30.1 Å². The second-order valence-electron chi connectivity index (χ2n) is 7.05. The molecular weight excluding hydrogens is 393 g/mol. The van der Waals surface area contributed by atoms with Crippen molar-refractivity contribution in [3.8, 4) is 0 Å². The molecular formula is C18H25F3N4O2S. The van der Waals surface area contributed by atoms with Gasteiger partial charge in [-0.2, -0.15) is 13.2 Å². The van der Waals surface area contributed by atoms with Crippen LogP contribution < -0.4 is 16.5 Å². The summed E-state index contributed by atoms with van der Waals surface area (Å²) in [7, 11) is 3.58. The summed E-state index contributed by atoms with van der Waals surface area (Å²) in [6, 6.07) is 0.955. The molecule has 156 valence electrons. The molecule has 2 aliphatic heterocycles. The van der Waals surface area contributed by atoms with Gasteiger partial charge >= 0.3 is 6.18 Å². The molecule has 2 unspecified atom stereocenters.